The van der Waals surface area contributed by atoms with Crippen LogP contribution in [0.15, 0.2) is 78.5 Å². The van der Waals surface area contributed by atoms with Crippen molar-refractivity contribution in [1.29, 1.82) is 0 Å². The largest absolute Gasteiger partial charge is 0.477 e. The second-order valence-corrected chi connectivity index (χ2v) is 9.64. The van der Waals surface area contributed by atoms with E-state index in [9.17, 15) is 19.5 Å². The van der Waals surface area contributed by atoms with Crippen molar-refractivity contribution in [3.8, 4) is 0 Å². The molecule has 0 aliphatic heterocycles. The van der Waals surface area contributed by atoms with Crippen LogP contribution in [0, 0.1) is 13.8 Å². The van der Waals surface area contributed by atoms with Gasteiger partial charge in [-0.15, -0.1) is 0 Å². The van der Waals surface area contributed by atoms with E-state index in [4.69, 9.17) is 0 Å². The molecule has 5 aromatic rings. The van der Waals surface area contributed by atoms with Gasteiger partial charge in [0.15, 0.2) is 0 Å². The highest BCUT2D eigenvalue weighted by molar-refractivity contribution is 6.05. The first-order valence-electron chi connectivity index (χ1n) is 12.7. The Hall–Kier alpha value is -5.31. The first-order chi connectivity index (χ1) is 19.2. The van der Waals surface area contributed by atoms with Gasteiger partial charge < -0.3 is 15.7 Å². The summed E-state index contributed by atoms with van der Waals surface area (Å²) in [4.78, 5) is 38.3. The molecule has 9 heteroatoms. The quantitative estimate of drug-likeness (QED) is 0.216. The molecule has 4 aromatic carbocycles. The van der Waals surface area contributed by atoms with Gasteiger partial charge in [-0.3, -0.25) is 9.59 Å². The molecule has 0 saturated carbocycles. The summed E-state index contributed by atoms with van der Waals surface area (Å²) in [7, 11) is 0. The number of H-pyrrole nitrogens is 1. The average Bonchev–Trinajstić information content (AvgIpc) is 3.40. The van der Waals surface area contributed by atoms with E-state index in [0.29, 0.717) is 38.9 Å². The molecule has 1 atom stereocenters. The number of carbonyl (C=O) groups excluding carboxylic acids is 2. The van der Waals surface area contributed by atoms with Crippen molar-refractivity contribution in [2.45, 2.75) is 26.8 Å². The fourth-order valence-corrected chi connectivity index (χ4v) is 4.89. The number of amides is 2. The van der Waals surface area contributed by atoms with Crippen LogP contribution in [0.2, 0.25) is 0 Å². The van der Waals surface area contributed by atoms with Gasteiger partial charge in [0.2, 0.25) is 0 Å². The summed E-state index contributed by atoms with van der Waals surface area (Å²) in [5.41, 5.74) is 4.28. The molecule has 1 heterocycles. The molecule has 9 nitrogen and oxygen atoms in total. The van der Waals surface area contributed by atoms with E-state index in [1.807, 2.05) is 49.4 Å². The Morgan fingerprint density at radius 3 is 2.33 bits per heavy atom. The molecule has 0 bridgehead atoms. The van der Waals surface area contributed by atoms with Crippen LogP contribution in [0.1, 0.15) is 55.9 Å². The van der Waals surface area contributed by atoms with Gasteiger partial charge in [0.1, 0.15) is 16.7 Å². The van der Waals surface area contributed by atoms with E-state index in [-0.39, 0.29) is 17.6 Å². The van der Waals surface area contributed by atoms with Gasteiger partial charge in [-0.25, -0.2) is 4.79 Å². The molecule has 0 unspecified atom stereocenters. The van der Waals surface area contributed by atoms with Crippen molar-refractivity contribution >= 4 is 45.7 Å². The van der Waals surface area contributed by atoms with Crippen LogP contribution in [-0.4, -0.2) is 38.3 Å². The molecule has 0 radical (unpaired) electrons. The Morgan fingerprint density at radius 1 is 0.875 bits per heavy atom. The fourth-order valence-electron chi connectivity index (χ4n) is 4.89. The van der Waals surface area contributed by atoms with Crippen LogP contribution in [0.3, 0.4) is 0 Å². The molecule has 0 saturated heterocycles. The number of aromatic nitrogens is 3. The minimum absolute atomic E-state index is 0.248. The van der Waals surface area contributed by atoms with Crippen molar-refractivity contribution in [2.75, 3.05) is 0 Å². The number of rotatable bonds is 7. The van der Waals surface area contributed by atoms with Gasteiger partial charge in [0.25, 0.3) is 11.8 Å². The van der Waals surface area contributed by atoms with Crippen LogP contribution in [0.5, 0.6) is 0 Å². The van der Waals surface area contributed by atoms with Crippen LogP contribution >= 0.6 is 0 Å². The predicted octanol–water partition coefficient (Wildman–Crippen LogP) is 5.07. The maximum absolute atomic E-state index is 13.2. The third-order valence-corrected chi connectivity index (χ3v) is 6.79. The Morgan fingerprint density at radius 2 is 1.57 bits per heavy atom. The highest BCUT2D eigenvalue weighted by atomic mass is 16.4. The van der Waals surface area contributed by atoms with Crippen molar-refractivity contribution in [3.63, 3.8) is 0 Å². The topological polar surface area (TPSA) is 137 Å². The van der Waals surface area contributed by atoms with Gasteiger partial charge in [0.05, 0.1) is 6.04 Å². The predicted molar refractivity (Wildman–Crippen MR) is 153 cm³/mol. The Labute approximate surface area is 229 Å². The molecule has 0 aliphatic rings. The van der Waals surface area contributed by atoms with Gasteiger partial charge in [0, 0.05) is 11.1 Å². The number of carbonyl (C=O) groups is 3. The number of hydrogen-bond acceptors (Lipinski definition) is 5. The second-order valence-electron chi connectivity index (χ2n) is 9.64. The molecule has 5 rings (SSSR count). The number of aryl methyl sites for hydroxylation is 2. The molecular weight excluding hydrogens is 506 g/mol. The maximum atomic E-state index is 13.2. The highest BCUT2D eigenvalue weighted by Gasteiger charge is 2.20. The molecule has 1 aromatic heterocycles. The van der Waals surface area contributed by atoms with Crippen molar-refractivity contribution in [3.05, 3.63) is 112 Å². The number of nitrogens with one attached hydrogen (secondary N) is 3. The zero-order chi connectivity index (χ0) is 28.4. The monoisotopic (exact) mass is 533 g/mol. The highest BCUT2D eigenvalue weighted by Crippen LogP contribution is 2.25. The van der Waals surface area contributed by atoms with Gasteiger partial charge >= 0.3 is 5.97 Å². The van der Waals surface area contributed by atoms with E-state index in [0.717, 1.165) is 16.3 Å². The van der Waals surface area contributed by atoms with Crippen molar-refractivity contribution in [1.82, 2.24) is 26.0 Å². The molecule has 2 amide bonds. The van der Waals surface area contributed by atoms with Crippen LogP contribution in [-0.2, 0) is 4.79 Å². The lowest BCUT2D eigenvalue weighted by Gasteiger charge is -2.18. The summed E-state index contributed by atoms with van der Waals surface area (Å²) in [5.74, 6) is -2.14. The molecule has 0 aliphatic carbocycles. The summed E-state index contributed by atoms with van der Waals surface area (Å²) in [5, 5.41) is 27.9. The Kier molecular flexibility index (Phi) is 7.11. The summed E-state index contributed by atoms with van der Waals surface area (Å²) < 4.78 is 0. The van der Waals surface area contributed by atoms with E-state index in [2.05, 4.69) is 26.0 Å². The van der Waals surface area contributed by atoms with E-state index in [1.54, 1.807) is 44.2 Å². The zero-order valence-electron chi connectivity index (χ0n) is 22.1. The third kappa shape index (κ3) is 5.30. The summed E-state index contributed by atoms with van der Waals surface area (Å²) in [6.45, 7) is 5.37. The molecule has 200 valence electrons. The standard InChI is InChI=1S/C31H27N5O4/c1-17-13-22(29(37)32-19(3)23-10-6-8-21-7-4-5-9-24(21)23)14-18(2)28(17)30(38)33-27(31(39)40)16-20-11-12-25-26(15-20)35-36-34-25/h4-16,19H,1-3H3,(H,32,37)(H,33,38)(H,39,40)(H,34,35,36)/b27-16-/t19-/m1/s1. The first kappa shape index (κ1) is 26.3. The Bertz CT molecular complexity index is 1790. The minimum atomic E-state index is -1.29. The van der Waals surface area contributed by atoms with Crippen LogP contribution in [0.4, 0.5) is 0 Å². The van der Waals surface area contributed by atoms with Crippen LogP contribution in [0.25, 0.3) is 27.9 Å². The maximum Gasteiger partial charge on any atom is 0.352 e. The van der Waals surface area contributed by atoms with E-state index >= 15 is 0 Å². The number of aliphatic carboxylic acids is 1. The van der Waals surface area contributed by atoms with Crippen LogP contribution < -0.4 is 10.6 Å². The minimum Gasteiger partial charge on any atom is -0.477 e. The number of nitrogens with zero attached hydrogens (tertiary/aromatic N) is 2. The summed E-state index contributed by atoms with van der Waals surface area (Å²) >= 11 is 0. The summed E-state index contributed by atoms with van der Waals surface area (Å²) in [6.07, 6.45) is 1.36. The third-order valence-electron chi connectivity index (χ3n) is 6.79. The molecule has 0 spiro atoms. The van der Waals surface area contributed by atoms with Crippen molar-refractivity contribution in [2.24, 2.45) is 0 Å². The summed E-state index contributed by atoms with van der Waals surface area (Å²) in [6, 6.07) is 22.1. The van der Waals surface area contributed by atoms with Gasteiger partial charge in [-0.2, -0.15) is 15.4 Å². The number of carboxylic acids is 1. The number of carboxylic acid groups (broad SMARTS) is 1. The second kappa shape index (κ2) is 10.8. The molecule has 0 fully saturated rings. The molecular formula is C31H27N5O4. The fraction of sp³-hybridized carbons (Fsp3) is 0.129. The first-order valence-corrected chi connectivity index (χ1v) is 12.7. The molecule has 4 N–H and O–H groups in total. The van der Waals surface area contributed by atoms with Gasteiger partial charge in [-0.05, 0) is 84.1 Å². The Balaban J connectivity index is 1.35. The lowest BCUT2D eigenvalue weighted by molar-refractivity contribution is -0.132. The number of hydrogen-bond donors (Lipinski definition) is 4. The van der Waals surface area contributed by atoms with Crippen molar-refractivity contribution < 1.29 is 19.5 Å². The zero-order valence-corrected chi connectivity index (χ0v) is 22.1. The van der Waals surface area contributed by atoms with E-state index < -0.39 is 11.9 Å². The number of aromatic amines is 1. The lowest BCUT2D eigenvalue weighted by Crippen LogP contribution is -2.29. The van der Waals surface area contributed by atoms with E-state index in [1.165, 1.54) is 6.08 Å². The number of benzene rings is 4. The lowest BCUT2D eigenvalue weighted by atomic mass is 9.97. The normalized spacial score (nSPS) is 12.3. The SMILES string of the molecule is Cc1cc(C(=O)N[C@H](C)c2cccc3ccccc23)cc(C)c1C(=O)N/C(=C\c1ccc2n[nH]nc2c1)C(=O)O. The smallest absolute Gasteiger partial charge is 0.352 e. The van der Waals surface area contributed by atoms with Gasteiger partial charge in [-0.1, -0.05) is 48.5 Å². The average molecular weight is 534 g/mol. The number of fused-ring (bicyclic) bond motifs is 2. The molecule has 40 heavy (non-hydrogen) atoms.